The summed E-state index contributed by atoms with van der Waals surface area (Å²) in [6.07, 6.45) is 0. The molecule has 0 saturated heterocycles. The second-order valence-electron chi connectivity index (χ2n) is 7.41. The Balaban J connectivity index is 1.56. The van der Waals surface area contributed by atoms with Gasteiger partial charge in [0.15, 0.2) is 0 Å². The summed E-state index contributed by atoms with van der Waals surface area (Å²) in [6.45, 7) is 0. The van der Waals surface area contributed by atoms with Crippen LogP contribution in [0.1, 0.15) is 10.4 Å². The number of carboxylic acid groups (broad SMARTS) is 1. The molecule has 4 heteroatoms. The molecule has 0 aliphatic heterocycles. The maximum atomic E-state index is 11.8. The fraction of sp³-hybridized carbons (Fsp3) is 0. The molecule has 31 heavy (non-hydrogen) atoms. The predicted molar refractivity (Wildman–Crippen MR) is 124 cm³/mol. The van der Waals surface area contributed by atoms with Crippen molar-refractivity contribution in [2.24, 2.45) is 0 Å². The number of aromatic nitrogens is 2. The Morgan fingerprint density at radius 1 is 0.516 bits per heavy atom. The van der Waals surface area contributed by atoms with E-state index < -0.39 is 5.97 Å². The zero-order chi connectivity index (χ0) is 21.2. The lowest BCUT2D eigenvalue weighted by molar-refractivity contribution is 0.0697. The minimum atomic E-state index is -0.951. The van der Waals surface area contributed by atoms with Crippen molar-refractivity contribution in [2.45, 2.75) is 0 Å². The number of aromatic carboxylic acids is 1. The normalized spacial score (nSPS) is 10.8. The maximum absolute atomic E-state index is 11.8. The van der Waals surface area contributed by atoms with Crippen molar-refractivity contribution in [3.05, 3.63) is 109 Å². The first kappa shape index (κ1) is 18.7. The van der Waals surface area contributed by atoms with Gasteiger partial charge >= 0.3 is 5.97 Å². The molecule has 0 fully saturated rings. The zero-order valence-corrected chi connectivity index (χ0v) is 16.7. The number of hydrogen-bond donors (Lipinski definition) is 3. The largest absolute Gasteiger partial charge is 0.478 e. The average molecular weight is 404 g/mol. The summed E-state index contributed by atoms with van der Waals surface area (Å²) in [5, 5.41) is 9.67. The molecule has 0 amide bonds. The molecule has 0 aliphatic rings. The summed E-state index contributed by atoms with van der Waals surface area (Å²) < 4.78 is 0. The first-order chi connectivity index (χ1) is 15.2. The number of rotatable bonds is 5. The van der Waals surface area contributed by atoms with Gasteiger partial charge in [0.05, 0.1) is 5.56 Å². The van der Waals surface area contributed by atoms with Gasteiger partial charge in [-0.2, -0.15) is 0 Å². The molecule has 2 heterocycles. The molecule has 3 aromatic carbocycles. The van der Waals surface area contributed by atoms with Crippen molar-refractivity contribution >= 4 is 5.97 Å². The summed E-state index contributed by atoms with van der Waals surface area (Å²) in [5.74, 6) is -0.951. The van der Waals surface area contributed by atoms with Crippen molar-refractivity contribution in [3.8, 4) is 45.0 Å². The molecule has 150 valence electrons. The van der Waals surface area contributed by atoms with E-state index in [-0.39, 0.29) is 5.56 Å². The highest BCUT2D eigenvalue weighted by molar-refractivity contribution is 5.92. The third-order valence-electron chi connectivity index (χ3n) is 5.34. The fourth-order valence-electron chi connectivity index (χ4n) is 3.76. The van der Waals surface area contributed by atoms with Crippen molar-refractivity contribution < 1.29 is 9.90 Å². The number of carbonyl (C=O) groups is 1. The van der Waals surface area contributed by atoms with Crippen molar-refractivity contribution in [1.82, 2.24) is 9.97 Å². The van der Waals surface area contributed by atoms with Gasteiger partial charge in [-0.3, -0.25) is 0 Å². The van der Waals surface area contributed by atoms with Gasteiger partial charge in [-0.05, 0) is 64.7 Å². The summed E-state index contributed by atoms with van der Waals surface area (Å²) in [7, 11) is 0. The van der Waals surface area contributed by atoms with Crippen molar-refractivity contribution in [2.75, 3.05) is 0 Å². The standard InChI is InChI=1S/C27H20N2O2/c30-27(31)22-16-20(25-13-11-23(28-25)18-7-3-1-4-8-18)15-21(17-22)26-14-12-24(29-26)19-9-5-2-6-10-19/h1-17,28-29H,(H,30,31). The van der Waals surface area contributed by atoms with E-state index >= 15 is 0 Å². The Bertz CT molecular complexity index is 1250. The zero-order valence-electron chi connectivity index (χ0n) is 16.7. The molecule has 0 spiro atoms. The van der Waals surface area contributed by atoms with Crippen molar-refractivity contribution in [1.29, 1.82) is 0 Å². The summed E-state index contributed by atoms with van der Waals surface area (Å²) >= 11 is 0. The third kappa shape index (κ3) is 3.79. The highest BCUT2D eigenvalue weighted by Crippen LogP contribution is 2.31. The van der Waals surface area contributed by atoms with Crippen LogP contribution in [0, 0.1) is 0 Å². The van der Waals surface area contributed by atoms with Crippen LogP contribution in [0.25, 0.3) is 45.0 Å². The van der Waals surface area contributed by atoms with Crippen LogP contribution in [0.2, 0.25) is 0 Å². The molecule has 5 aromatic rings. The third-order valence-corrected chi connectivity index (χ3v) is 5.34. The first-order valence-electron chi connectivity index (χ1n) is 10.1. The van der Waals surface area contributed by atoms with E-state index in [4.69, 9.17) is 0 Å². The Hall–Kier alpha value is -4.31. The first-order valence-corrected chi connectivity index (χ1v) is 10.1. The molecule has 0 saturated carbocycles. The monoisotopic (exact) mass is 404 g/mol. The number of benzene rings is 3. The van der Waals surface area contributed by atoms with Crippen LogP contribution in [0.3, 0.4) is 0 Å². The van der Waals surface area contributed by atoms with Gasteiger partial charge in [0, 0.05) is 22.8 Å². The van der Waals surface area contributed by atoms with Gasteiger partial charge in [0.1, 0.15) is 0 Å². The molecule has 0 unspecified atom stereocenters. The SMILES string of the molecule is O=C(O)c1cc(-c2ccc(-c3ccccc3)[nH]2)cc(-c2ccc(-c3ccccc3)[nH]2)c1. The molecule has 0 bridgehead atoms. The topological polar surface area (TPSA) is 68.9 Å². The summed E-state index contributed by atoms with van der Waals surface area (Å²) in [5.41, 5.74) is 7.80. The Kier molecular flexibility index (Phi) is 4.73. The number of H-pyrrole nitrogens is 2. The Labute approximate surface area is 179 Å². The molecule has 0 atom stereocenters. The predicted octanol–water partition coefficient (Wildman–Crippen LogP) is 6.71. The van der Waals surface area contributed by atoms with Gasteiger partial charge in [-0.25, -0.2) is 4.79 Å². The highest BCUT2D eigenvalue weighted by atomic mass is 16.4. The molecular weight excluding hydrogens is 384 g/mol. The van der Waals surface area contributed by atoms with Crippen LogP contribution in [-0.2, 0) is 0 Å². The second kappa shape index (κ2) is 7.84. The van der Waals surface area contributed by atoms with Crippen LogP contribution in [-0.4, -0.2) is 21.0 Å². The lowest BCUT2D eigenvalue weighted by Gasteiger charge is -2.07. The van der Waals surface area contributed by atoms with Gasteiger partial charge in [0.2, 0.25) is 0 Å². The lowest BCUT2D eigenvalue weighted by Crippen LogP contribution is -1.97. The highest BCUT2D eigenvalue weighted by Gasteiger charge is 2.13. The minimum Gasteiger partial charge on any atom is -0.478 e. The van der Waals surface area contributed by atoms with Gasteiger partial charge in [-0.1, -0.05) is 60.7 Å². The number of hydrogen-bond acceptors (Lipinski definition) is 1. The smallest absolute Gasteiger partial charge is 0.335 e. The quantitative estimate of drug-likeness (QED) is 0.305. The number of carboxylic acids is 1. The molecule has 5 rings (SSSR count). The van der Waals surface area contributed by atoms with Gasteiger partial charge in [0.25, 0.3) is 0 Å². The number of nitrogens with one attached hydrogen (secondary N) is 2. The molecule has 4 nitrogen and oxygen atoms in total. The van der Waals surface area contributed by atoms with E-state index in [0.29, 0.717) is 0 Å². The lowest BCUT2D eigenvalue weighted by atomic mass is 10.0. The van der Waals surface area contributed by atoms with E-state index in [1.54, 1.807) is 12.1 Å². The van der Waals surface area contributed by atoms with Gasteiger partial charge in [-0.15, -0.1) is 0 Å². The molecule has 0 radical (unpaired) electrons. The summed E-state index contributed by atoms with van der Waals surface area (Å²) in [4.78, 5) is 18.6. The van der Waals surface area contributed by atoms with Gasteiger partial charge < -0.3 is 15.1 Å². The Morgan fingerprint density at radius 3 is 1.29 bits per heavy atom. The maximum Gasteiger partial charge on any atom is 0.335 e. The molecule has 2 aromatic heterocycles. The van der Waals surface area contributed by atoms with Crippen LogP contribution in [0.4, 0.5) is 0 Å². The fourth-order valence-corrected chi connectivity index (χ4v) is 3.76. The van der Waals surface area contributed by atoms with Crippen LogP contribution < -0.4 is 0 Å². The van der Waals surface area contributed by atoms with Crippen LogP contribution >= 0.6 is 0 Å². The van der Waals surface area contributed by atoms with E-state index in [9.17, 15) is 9.90 Å². The molecular formula is C27H20N2O2. The number of aromatic amines is 2. The van der Waals surface area contributed by atoms with Crippen LogP contribution in [0.5, 0.6) is 0 Å². The average Bonchev–Trinajstić information content (AvgIpc) is 3.50. The van der Waals surface area contributed by atoms with Crippen LogP contribution in [0.15, 0.2) is 103 Å². The second-order valence-corrected chi connectivity index (χ2v) is 7.41. The van der Waals surface area contributed by atoms with E-state index in [0.717, 1.165) is 45.0 Å². The van der Waals surface area contributed by atoms with E-state index in [1.165, 1.54) is 0 Å². The Morgan fingerprint density at radius 2 is 0.903 bits per heavy atom. The summed E-state index contributed by atoms with van der Waals surface area (Å²) in [6, 6.07) is 33.5. The molecule has 0 aliphatic carbocycles. The minimum absolute atomic E-state index is 0.249. The van der Waals surface area contributed by atoms with E-state index in [2.05, 4.69) is 9.97 Å². The van der Waals surface area contributed by atoms with Crippen molar-refractivity contribution in [3.63, 3.8) is 0 Å². The molecule has 3 N–H and O–H groups in total. The van der Waals surface area contributed by atoms with E-state index in [1.807, 2.05) is 91.0 Å².